The molecule has 1 saturated heterocycles. The van der Waals surface area contributed by atoms with Crippen LogP contribution < -0.4 is 5.32 Å². The van der Waals surface area contributed by atoms with Gasteiger partial charge in [-0.05, 0) is 12.8 Å². The molecule has 0 spiro atoms. The Kier molecular flexibility index (Phi) is 3.03. The molecule has 3 nitrogen and oxygen atoms in total. The van der Waals surface area contributed by atoms with E-state index in [1.165, 1.54) is 18.8 Å². The summed E-state index contributed by atoms with van der Waals surface area (Å²) >= 11 is 1.70. The summed E-state index contributed by atoms with van der Waals surface area (Å²) in [5, 5.41) is 6.44. The van der Waals surface area contributed by atoms with Crippen LogP contribution in [0.1, 0.15) is 19.5 Å². The van der Waals surface area contributed by atoms with Gasteiger partial charge in [0, 0.05) is 31.6 Å². The molecular weight excluding hydrogens is 194 g/mol. The van der Waals surface area contributed by atoms with Crippen LogP contribution in [-0.2, 0) is 6.54 Å². The molecule has 1 fully saturated rings. The Morgan fingerprint density at radius 2 is 2.43 bits per heavy atom. The third-order valence-electron chi connectivity index (χ3n) is 2.41. The largest absolute Gasteiger partial charge is 0.362 e. The fourth-order valence-electron chi connectivity index (χ4n) is 1.80. The van der Waals surface area contributed by atoms with Gasteiger partial charge in [0.1, 0.15) is 0 Å². The Hall–Kier alpha value is -0.610. The van der Waals surface area contributed by atoms with Crippen LogP contribution in [0.3, 0.4) is 0 Å². The molecule has 0 amide bonds. The molecule has 2 heterocycles. The van der Waals surface area contributed by atoms with Crippen LogP contribution in [0, 0.1) is 5.92 Å². The highest BCUT2D eigenvalue weighted by molar-refractivity contribution is 7.13. The molecule has 0 atom stereocenters. The fraction of sp³-hybridized carbons (Fsp3) is 0.700. The average molecular weight is 211 g/mol. The van der Waals surface area contributed by atoms with E-state index in [9.17, 15) is 0 Å². The first-order chi connectivity index (χ1) is 6.78. The van der Waals surface area contributed by atoms with Crippen molar-refractivity contribution in [2.75, 3.05) is 25.0 Å². The lowest BCUT2D eigenvalue weighted by Gasteiger charge is -2.36. The summed E-state index contributed by atoms with van der Waals surface area (Å²) < 4.78 is 0. The highest BCUT2D eigenvalue weighted by Gasteiger charge is 2.22. The molecule has 14 heavy (non-hydrogen) atoms. The molecule has 4 heteroatoms. The number of anilines is 1. The van der Waals surface area contributed by atoms with E-state index in [0.29, 0.717) is 0 Å². The van der Waals surface area contributed by atoms with Gasteiger partial charge >= 0.3 is 0 Å². The molecular formula is C10H17N3S. The van der Waals surface area contributed by atoms with Gasteiger partial charge in [-0.15, -0.1) is 11.3 Å². The summed E-state index contributed by atoms with van der Waals surface area (Å²) in [6.45, 7) is 8.82. The lowest BCUT2D eigenvalue weighted by Crippen LogP contribution is -2.44. The zero-order valence-corrected chi connectivity index (χ0v) is 9.60. The van der Waals surface area contributed by atoms with Gasteiger partial charge in [0.05, 0.1) is 5.69 Å². The molecule has 0 bridgehead atoms. The summed E-state index contributed by atoms with van der Waals surface area (Å²) in [4.78, 5) is 6.95. The summed E-state index contributed by atoms with van der Waals surface area (Å²) in [6.07, 6.45) is 0. The smallest absolute Gasteiger partial charge is 0.182 e. The predicted octanol–water partition coefficient (Wildman–Crippen LogP) is 2.03. The number of aromatic nitrogens is 1. The van der Waals surface area contributed by atoms with Crippen molar-refractivity contribution in [2.45, 2.75) is 20.4 Å². The second-order valence-electron chi connectivity index (χ2n) is 3.97. The SMILES string of the molecule is CCNc1nc(CN2CC(C)C2)cs1. The van der Waals surface area contributed by atoms with E-state index in [-0.39, 0.29) is 0 Å². The zero-order valence-electron chi connectivity index (χ0n) is 8.79. The maximum Gasteiger partial charge on any atom is 0.182 e. The molecule has 2 rings (SSSR count). The number of thiazole rings is 1. The first-order valence-electron chi connectivity index (χ1n) is 5.18. The standard InChI is InChI=1S/C10H17N3S/c1-3-11-10-12-9(7-14-10)6-13-4-8(2)5-13/h7-8H,3-6H2,1-2H3,(H,11,12). The topological polar surface area (TPSA) is 28.2 Å². The molecule has 1 N–H and O–H groups in total. The Balaban J connectivity index is 1.84. The lowest BCUT2D eigenvalue weighted by molar-refractivity contribution is 0.103. The van der Waals surface area contributed by atoms with Gasteiger partial charge in [-0.25, -0.2) is 4.98 Å². The van der Waals surface area contributed by atoms with E-state index in [1.807, 2.05) is 0 Å². The van der Waals surface area contributed by atoms with Crippen LogP contribution in [0.2, 0.25) is 0 Å². The van der Waals surface area contributed by atoms with Gasteiger partial charge in [0.15, 0.2) is 5.13 Å². The molecule has 0 radical (unpaired) electrons. The highest BCUT2D eigenvalue weighted by atomic mass is 32.1. The Morgan fingerprint density at radius 1 is 1.64 bits per heavy atom. The molecule has 1 aliphatic heterocycles. The van der Waals surface area contributed by atoms with Crippen molar-refractivity contribution >= 4 is 16.5 Å². The van der Waals surface area contributed by atoms with Crippen molar-refractivity contribution in [3.63, 3.8) is 0 Å². The number of nitrogens with one attached hydrogen (secondary N) is 1. The minimum atomic E-state index is 0.877. The van der Waals surface area contributed by atoms with Gasteiger partial charge < -0.3 is 5.32 Å². The fourth-order valence-corrected chi connectivity index (χ4v) is 2.57. The molecule has 0 aliphatic carbocycles. The monoisotopic (exact) mass is 211 g/mol. The van der Waals surface area contributed by atoms with Crippen LogP contribution in [0.4, 0.5) is 5.13 Å². The normalized spacial score (nSPS) is 18.1. The minimum Gasteiger partial charge on any atom is -0.362 e. The quantitative estimate of drug-likeness (QED) is 0.826. The zero-order chi connectivity index (χ0) is 9.97. The Bertz CT molecular complexity index is 291. The van der Waals surface area contributed by atoms with Crippen molar-refractivity contribution in [1.82, 2.24) is 9.88 Å². The average Bonchev–Trinajstić information content (AvgIpc) is 2.51. The first-order valence-corrected chi connectivity index (χ1v) is 6.06. The van der Waals surface area contributed by atoms with Crippen LogP contribution >= 0.6 is 11.3 Å². The number of likely N-dealkylation sites (tertiary alicyclic amines) is 1. The Morgan fingerprint density at radius 3 is 3.07 bits per heavy atom. The van der Waals surface area contributed by atoms with Crippen LogP contribution in [0.5, 0.6) is 0 Å². The summed E-state index contributed by atoms with van der Waals surface area (Å²) in [7, 11) is 0. The van der Waals surface area contributed by atoms with Crippen LogP contribution in [0.15, 0.2) is 5.38 Å². The van der Waals surface area contributed by atoms with E-state index in [1.54, 1.807) is 11.3 Å². The number of hydrogen-bond donors (Lipinski definition) is 1. The predicted molar refractivity (Wildman–Crippen MR) is 60.7 cm³/mol. The van der Waals surface area contributed by atoms with Gasteiger partial charge in [0.2, 0.25) is 0 Å². The summed E-state index contributed by atoms with van der Waals surface area (Å²) in [6, 6.07) is 0. The number of hydrogen-bond acceptors (Lipinski definition) is 4. The first kappa shape index (κ1) is 9.93. The minimum absolute atomic E-state index is 0.877. The maximum absolute atomic E-state index is 4.51. The third-order valence-corrected chi connectivity index (χ3v) is 3.25. The Labute approximate surface area is 89.1 Å². The molecule has 0 unspecified atom stereocenters. The lowest BCUT2D eigenvalue weighted by atomic mass is 10.0. The van der Waals surface area contributed by atoms with Crippen molar-refractivity contribution in [1.29, 1.82) is 0 Å². The van der Waals surface area contributed by atoms with E-state index in [0.717, 1.165) is 24.1 Å². The molecule has 78 valence electrons. The third kappa shape index (κ3) is 2.25. The van der Waals surface area contributed by atoms with E-state index in [4.69, 9.17) is 0 Å². The molecule has 0 saturated carbocycles. The second kappa shape index (κ2) is 4.28. The summed E-state index contributed by atoms with van der Waals surface area (Å²) in [5.74, 6) is 0.877. The van der Waals surface area contributed by atoms with Gasteiger partial charge in [0.25, 0.3) is 0 Å². The van der Waals surface area contributed by atoms with E-state index >= 15 is 0 Å². The molecule has 1 aromatic heterocycles. The van der Waals surface area contributed by atoms with Crippen molar-refractivity contribution in [3.8, 4) is 0 Å². The second-order valence-corrected chi connectivity index (χ2v) is 4.83. The van der Waals surface area contributed by atoms with Crippen LogP contribution in [-0.4, -0.2) is 29.5 Å². The van der Waals surface area contributed by atoms with Crippen molar-refractivity contribution in [3.05, 3.63) is 11.1 Å². The van der Waals surface area contributed by atoms with Crippen molar-refractivity contribution < 1.29 is 0 Å². The highest BCUT2D eigenvalue weighted by Crippen LogP contribution is 2.20. The molecule has 0 aromatic carbocycles. The van der Waals surface area contributed by atoms with Gasteiger partial charge in [-0.2, -0.15) is 0 Å². The van der Waals surface area contributed by atoms with Gasteiger partial charge in [-0.3, -0.25) is 4.90 Å². The van der Waals surface area contributed by atoms with Crippen molar-refractivity contribution in [2.24, 2.45) is 5.92 Å². The molecule has 1 aromatic rings. The molecule has 1 aliphatic rings. The van der Waals surface area contributed by atoms with Gasteiger partial charge in [-0.1, -0.05) is 6.92 Å². The van der Waals surface area contributed by atoms with E-state index in [2.05, 4.69) is 34.4 Å². The number of rotatable bonds is 4. The van der Waals surface area contributed by atoms with Crippen LogP contribution in [0.25, 0.3) is 0 Å². The number of nitrogens with zero attached hydrogens (tertiary/aromatic N) is 2. The van der Waals surface area contributed by atoms with E-state index < -0.39 is 0 Å². The summed E-state index contributed by atoms with van der Waals surface area (Å²) in [5.41, 5.74) is 1.21. The maximum atomic E-state index is 4.51.